The van der Waals surface area contributed by atoms with Crippen LogP contribution in [0.5, 0.6) is 0 Å². The minimum atomic E-state index is -0.576. The fourth-order valence-electron chi connectivity index (χ4n) is 2.66. The quantitative estimate of drug-likeness (QED) is 0.730. The first-order valence-electron chi connectivity index (χ1n) is 7.16. The van der Waals surface area contributed by atoms with Gasteiger partial charge in [0.05, 0.1) is 6.10 Å². The molecule has 0 aromatic rings. The van der Waals surface area contributed by atoms with Crippen molar-refractivity contribution in [1.82, 2.24) is 5.32 Å². The molecule has 1 aliphatic rings. The number of alkyl carbamates (subject to hydrolysis) is 1. The summed E-state index contributed by atoms with van der Waals surface area (Å²) in [6.45, 7) is 5.75. The third-order valence-electron chi connectivity index (χ3n) is 3.48. The van der Waals surface area contributed by atoms with Crippen LogP contribution in [-0.2, 0) is 4.74 Å². The molecule has 112 valence electrons. The number of carbonyl (C=O) groups excluding carboxylic acids is 1. The normalized spacial score (nSPS) is 20.7. The Morgan fingerprint density at radius 1 is 1.37 bits per heavy atom. The van der Waals surface area contributed by atoms with Crippen molar-refractivity contribution in [3.05, 3.63) is 0 Å². The molecule has 1 unspecified atom stereocenters. The predicted molar refractivity (Wildman–Crippen MR) is 74.9 cm³/mol. The highest BCUT2D eigenvalue weighted by Crippen LogP contribution is 2.32. The van der Waals surface area contributed by atoms with Gasteiger partial charge in [0.15, 0.2) is 0 Å². The maximum atomic E-state index is 12.0. The highest BCUT2D eigenvalue weighted by molar-refractivity contribution is 5.68. The smallest absolute Gasteiger partial charge is 0.408 e. The topological polar surface area (TPSA) is 84.6 Å². The van der Waals surface area contributed by atoms with Crippen LogP contribution < -0.4 is 11.1 Å². The molecule has 0 aliphatic heterocycles. The Kier molecular flexibility index (Phi) is 5.62. The van der Waals surface area contributed by atoms with Crippen molar-refractivity contribution in [2.24, 2.45) is 5.73 Å². The molecule has 0 aromatic heterocycles. The number of hydrogen-bond acceptors (Lipinski definition) is 4. The van der Waals surface area contributed by atoms with E-state index in [1.165, 1.54) is 6.42 Å². The Bertz CT molecular complexity index is 294. The second kappa shape index (κ2) is 6.57. The molecule has 19 heavy (non-hydrogen) atoms. The zero-order valence-electron chi connectivity index (χ0n) is 12.4. The van der Waals surface area contributed by atoms with Crippen LogP contribution >= 0.6 is 0 Å². The number of carbonyl (C=O) groups is 1. The Morgan fingerprint density at radius 3 is 2.42 bits per heavy atom. The average molecular weight is 272 g/mol. The summed E-state index contributed by atoms with van der Waals surface area (Å²) >= 11 is 0. The number of aliphatic hydroxyl groups excluding tert-OH is 1. The molecule has 5 nitrogen and oxygen atoms in total. The van der Waals surface area contributed by atoms with Gasteiger partial charge in [-0.2, -0.15) is 0 Å². The summed E-state index contributed by atoms with van der Waals surface area (Å²) in [7, 11) is 0. The van der Waals surface area contributed by atoms with E-state index in [9.17, 15) is 9.90 Å². The van der Waals surface area contributed by atoms with Crippen LogP contribution in [0.15, 0.2) is 0 Å². The third-order valence-corrected chi connectivity index (χ3v) is 3.48. The van der Waals surface area contributed by atoms with Gasteiger partial charge in [0.2, 0.25) is 0 Å². The van der Waals surface area contributed by atoms with Gasteiger partial charge in [-0.25, -0.2) is 4.79 Å². The van der Waals surface area contributed by atoms with Crippen LogP contribution in [0, 0.1) is 0 Å². The molecule has 1 atom stereocenters. The Labute approximate surface area is 115 Å². The fourth-order valence-corrected chi connectivity index (χ4v) is 2.66. The van der Waals surface area contributed by atoms with Crippen LogP contribution in [0.3, 0.4) is 0 Å². The van der Waals surface area contributed by atoms with Gasteiger partial charge in [-0.15, -0.1) is 0 Å². The number of hydrogen-bond donors (Lipinski definition) is 3. The van der Waals surface area contributed by atoms with E-state index in [1.54, 1.807) is 0 Å². The van der Waals surface area contributed by atoms with E-state index in [4.69, 9.17) is 10.5 Å². The number of amides is 1. The fraction of sp³-hybridized carbons (Fsp3) is 0.929. The van der Waals surface area contributed by atoms with Gasteiger partial charge in [0.1, 0.15) is 5.60 Å². The molecule has 0 bridgehead atoms. The summed E-state index contributed by atoms with van der Waals surface area (Å²) in [6.07, 6.45) is 4.58. The number of nitrogens with two attached hydrogens (primary N) is 1. The lowest BCUT2D eigenvalue weighted by molar-refractivity contribution is 0.0351. The highest BCUT2D eigenvalue weighted by Gasteiger charge is 2.36. The second-order valence-electron chi connectivity index (χ2n) is 6.56. The van der Waals surface area contributed by atoms with Gasteiger partial charge in [-0.05, 0) is 40.0 Å². The van der Waals surface area contributed by atoms with Crippen molar-refractivity contribution in [3.63, 3.8) is 0 Å². The second-order valence-corrected chi connectivity index (χ2v) is 6.56. The van der Waals surface area contributed by atoms with Crippen LogP contribution in [0.1, 0.15) is 59.3 Å². The monoisotopic (exact) mass is 272 g/mol. The molecule has 0 spiro atoms. The van der Waals surface area contributed by atoms with Crippen molar-refractivity contribution in [2.75, 3.05) is 6.54 Å². The maximum absolute atomic E-state index is 12.0. The van der Waals surface area contributed by atoms with E-state index >= 15 is 0 Å². The first-order chi connectivity index (χ1) is 8.76. The zero-order chi connectivity index (χ0) is 14.5. The molecule has 1 aliphatic carbocycles. The predicted octanol–water partition coefficient (Wildman–Crippen LogP) is 1.92. The summed E-state index contributed by atoms with van der Waals surface area (Å²) in [5.41, 5.74) is 4.62. The Morgan fingerprint density at radius 2 is 1.95 bits per heavy atom. The largest absolute Gasteiger partial charge is 0.444 e. The van der Waals surface area contributed by atoms with Crippen molar-refractivity contribution in [2.45, 2.75) is 76.5 Å². The molecule has 0 radical (unpaired) electrons. The summed E-state index contributed by atoms with van der Waals surface area (Å²) in [6, 6.07) is 0. The van der Waals surface area contributed by atoms with E-state index in [1.807, 2.05) is 20.8 Å². The molecule has 0 aromatic carbocycles. The number of ether oxygens (including phenoxy) is 1. The number of nitrogens with one attached hydrogen (secondary N) is 1. The molecule has 1 amide bonds. The first-order valence-corrected chi connectivity index (χ1v) is 7.16. The molecular weight excluding hydrogens is 244 g/mol. The van der Waals surface area contributed by atoms with Crippen molar-refractivity contribution >= 4 is 6.09 Å². The van der Waals surface area contributed by atoms with E-state index in [0.717, 1.165) is 25.7 Å². The van der Waals surface area contributed by atoms with Crippen LogP contribution in [0.25, 0.3) is 0 Å². The minimum Gasteiger partial charge on any atom is -0.444 e. The third kappa shape index (κ3) is 5.78. The molecule has 0 saturated heterocycles. The van der Waals surface area contributed by atoms with Crippen LogP contribution in [0.2, 0.25) is 0 Å². The maximum Gasteiger partial charge on any atom is 0.408 e. The van der Waals surface area contributed by atoms with E-state index in [-0.39, 0.29) is 12.1 Å². The van der Waals surface area contributed by atoms with Gasteiger partial charge in [-0.1, -0.05) is 19.3 Å². The Hall–Kier alpha value is -0.810. The average Bonchev–Trinajstić information content (AvgIpc) is 2.26. The Balaban J connectivity index is 2.66. The van der Waals surface area contributed by atoms with E-state index in [0.29, 0.717) is 6.42 Å². The molecular formula is C14H28N2O3. The molecule has 1 saturated carbocycles. The van der Waals surface area contributed by atoms with Crippen LogP contribution in [-0.4, -0.2) is 35.0 Å². The number of rotatable bonds is 4. The van der Waals surface area contributed by atoms with Crippen LogP contribution in [0.4, 0.5) is 4.79 Å². The summed E-state index contributed by atoms with van der Waals surface area (Å²) in [5, 5.41) is 12.8. The molecule has 1 rings (SSSR count). The lowest BCUT2D eigenvalue weighted by atomic mass is 9.78. The van der Waals surface area contributed by atoms with Crippen molar-refractivity contribution in [3.8, 4) is 0 Å². The standard InChI is InChI=1S/C14H28N2O3/c1-13(2,3)19-12(18)16-14(9-11(17)10-15)7-5-4-6-8-14/h11,17H,4-10,15H2,1-3H3,(H,16,18). The van der Waals surface area contributed by atoms with Gasteiger partial charge < -0.3 is 20.9 Å². The van der Waals surface area contributed by atoms with Crippen molar-refractivity contribution < 1.29 is 14.6 Å². The SMILES string of the molecule is CC(C)(C)OC(=O)NC1(CC(O)CN)CCCCC1. The minimum absolute atomic E-state index is 0.220. The summed E-state index contributed by atoms with van der Waals surface area (Å²) in [5.74, 6) is 0. The molecule has 5 heteroatoms. The number of aliphatic hydroxyl groups is 1. The summed E-state index contributed by atoms with van der Waals surface area (Å²) < 4.78 is 5.32. The van der Waals surface area contributed by atoms with E-state index in [2.05, 4.69) is 5.32 Å². The van der Waals surface area contributed by atoms with Gasteiger partial charge in [-0.3, -0.25) is 0 Å². The van der Waals surface area contributed by atoms with Crippen molar-refractivity contribution in [1.29, 1.82) is 0 Å². The van der Waals surface area contributed by atoms with Gasteiger partial charge >= 0.3 is 6.09 Å². The summed E-state index contributed by atoms with van der Waals surface area (Å²) in [4.78, 5) is 12.0. The molecule has 4 N–H and O–H groups in total. The van der Waals surface area contributed by atoms with E-state index < -0.39 is 17.8 Å². The lowest BCUT2D eigenvalue weighted by Gasteiger charge is -2.39. The first kappa shape index (κ1) is 16.2. The zero-order valence-corrected chi connectivity index (χ0v) is 12.4. The van der Waals surface area contributed by atoms with Gasteiger partial charge in [0.25, 0.3) is 0 Å². The molecule has 0 heterocycles. The lowest BCUT2D eigenvalue weighted by Crippen LogP contribution is -2.53. The van der Waals surface area contributed by atoms with Gasteiger partial charge in [0, 0.05) is 12.1 Å². The highest BCUT2D eigenvalue weighted by atomic mass is 16.6. The molecule has 1 fully saturated rings.